The maximum absolute atomic E-state index is 12.5. The van der Waals surface area contributed by atoms with E-state index >= 15 is 0 Å². The summed E-state index contributed by atoms with van der Waals surface area (Å²) in [5.74, 6) is 2.85. The largest absolute Gasteiger partial charge is 0.342 e. The molecule has 1 aromatic carbocycles. The fourth-order valence-corrected chi connectivity index (χ4v) is 4.01. The zero-order valence-corrected chi connectivity index (χ0v) is 13.9. The van der Waals surface area contributed by atoms with E-state index in [1.54, 1.807) is 0 Å². The molecule has 2 fully saturated rings. The molecule has 1 saturated carbocycles. The molecule has 2 heterocycles. The van der Waals surface area contributed by atoms with Crippen LogP contribution in [0.4, 0.5) is 0 Å². The highest BCUT2D eigenvalue weighted by atomic mass is 16.2. The topological polar surface area (TPSA) is 61.9 Å². The van der Waals surface area contributed by atoms with Gasteiger partial charge >= 0.3 is 0 Å². The minimum absolute atomic E-state index is 0.290. The fraction of sp³-hybridized carbons (Fsp3) is 0.526. The van der Waals surface area contributed by atoms with Crippen molar-refractivity contribution in [3.8, 4) is 11.4 Å². The molecule has 1 saturated heterocycles. The lowest BCUT2D eigenvalue weighted by Crippen LogP contribution is -2.33. The van der Waals surface area contributed by atoms with Gasteiger partial charge in [-0.1, -0.05) is 43.2 Å². The molecule has 5 nitrogen and oxygen atoms in total. The monoisotopic (exact) mass is 324 g/mol. The van der Waals surface area contributed by atoms with Gasteiger partial charge in [0.15, 0.2) is 5.82 Å². The number of carbonyl (C=O) groups is 1. The number of carbonyl (C=O) groups excluding carboxylic acids is 1. The average molecular weight is 324 g/mol. The summed E-state index contributed by atoms with van der Waals surface area (Å²) in [6.07, 6.45) is 6.54. The van der Waals surface area contributed by atoms with E-state index in [1.807, 2.05) is 30.3 Å². The van der Waals surface area contributed by atoms with E-state index in [4.69, 9.17) is 0 Å². The van der Waals surface area contributed by atoms with Crippen molar-refractivity contribution in [2.75, 3.05) is 13.1 Å². The van der Waals surface area contributed by atoms with Crippen molar-refractivity contribution < 1.29 is 4.79 Å². The number of amides is 1. The second kappa shape index (κ2) is 6.75. The number of aromatic amines is 1. The number of nitrogens with one attached hydrogen (secondary N) is 1. The smallest absolute Gasteiger partial charge is 0.225 e. The van der Waals surface area contributed by atoms with Crippen molar-refractivity contribution in [2.24, 2.45) is 11.8 Å². The molecule has 1 aromatic heterocycles. The molecule has 1 unspecified atom stereocenters. The van der Waals surface area contributed by atoms with Gasteiger partial charge in [-0.2, -0.15) is 5.10 Å². The third-order valence-corrected chi connectivity index (χ3v) is 5.35. The SMILES string of the molecule is O=C(C1CCCC1)N1CCC(Cc2nc(-c3ccccc3)n[nH]2)C1. The van der Waals surface area contributed by atoms with Crippen molar-refractivity contribution in [1.29, 1.82) is 0 Å². The van der Waals surface area contributed by atoms with Gasteiger partial charge < -0.3 is 4.90 Å². The molecule has 0 bridgehead atoms. The number of hydrogen-bond donors (Lipinski definition) is 1. The molecular weight excluding hydrogens is 300 g/mol. The van der Waals surface area contributed by atoms with Crippen LogP contribution in [0.1, 0.15) is 37.9 Å². The number of benzene rings is 1. The van der Waals surface area contributed by atoms with Crippen LogP contribution in [0.5, 0.6) is 0 Å². The Morgan fingerprint density at radius 3 is 2.75 bits per heavy atom. The predicted octanol–water partition coefficient (Wildman–Crippen LogP) is 3.05. The summed E-state index contributed by atoms with van der Waals surface area (Å²) in [5.41, 5.74) is 1.03. The molecule has 2 aliphatic rings. The minimum atomic E-state index is 0.290. The first kappa shape index (κ1) is 15.4. The van der Waals surface area contributed by atoms with Crippen molar-refractivity contribution in [3.05, 3.63) is 36.2 Å². The Balaban J connectivity index is 1.35. The molecule has 1 atom stereocenters. The maximum atomic E-state index is 12.5. The lowest BCUT2D eigenvalue weighted by molar-refractivity contribution is -0.134. The van der Waals surface area contributed by atoms with Crippen molar-refractivity contribution >= 4 is 5.91 Å². The predicted molar refractivity (Wildman–Crippen MR) is 92.2 cm³/mol. The zero-order chi connectivity index (χ0) is 16.4. The van der Waals surface area contributed by atoms with Crippen LogP contribution >= 0.6 is 0 Å². The second-order valence-corrected chi connectivity index (χ2v) is 7.10. The van der Waals surface area contributed by atoms with Crippen LogP contribution in [-0.2, 0) is 11.2 Å². The molecule has 4 rings (SSSR count). The van der Waals surface area contributed by atoms with E-state index in [1.165, 1.54) is 12.8 Å². The Kier molecular flexibility index (Phi) is 4.32. The van der Waals surface area contributed by atoms with Crippen molar-refractivity contribution in [1.82, 2.24) is 20.1 Å². The third-order valence-electron chi connectivity index (χ3n) is 5.35. The van der Waals surface area contributed by atoms with Crippen LogP contribution in [0.2, 0.25) is 0 Å². The number of rotatable bonds is 4. The first-order valence-corrected chi connectivity index (χ1v) is 9.05. The highest BCUT2D eigenvalue weighted by Crippen LogP contribution is 2.29. The highest BCUT2D eigenvalue weighted by Gasteiger charge is 2.32. The molecule has 1 N–H and O–H groups in total. The van der Waals surface area contributed by atoms with E-state index in [0.717, 1.165) is 56.0 Å². The fourth-order valence-electron chi connectivity index (χ4n) is 4.01. The average Bonchev–Trinajstić information content (AvgIpc) is 3.37. The normalized spacial score (nSPS) is 21.5. The van der Waals surface area contributed by atoms with Gasteiger partial charge in [0.1, 0.15) is 5.82 Å². The lowest BCUT2D eigenvalue weighted by atomic mass is 10.0. The maximum Gasteiger partial charge on any atom is 0.225 e. The highest BCUT2D eigenvalue weighted by molar-refractivity contribution is 5.79. The van der Waals surface area contributed by atoms with Gasteiger partial charge in [0.25, 0.3) is 0 Å². The number of H-pyrrole nitrogens is 1. The standard InChI is InChI=1S/C19H24N4O/c24-19(16-8-4-5-9-16)23-11-10-14(13-23)12-17-20-18(22-21-17)15-6-2-1-3-7-15/h1-3,6-7,14,16H,4-5,8-13H2,(H,20,21,22). The number of aromatic nitrogens is 3. The molecule has 2 aromatic rings. The molecule has 126 valence electrons. The molecule has 5 heteroatoms. The van der Waals surface area contributed by atoms with Gasteiger partial charge in [-0.3, -0.25) is 9.89 Å². The van der Waals surface area contributed by atoms with Gasteiger partial charge in [0.2, 0.25) is 5.91 Å². The van der Waals surface area contributed by atoms with E-state index in [0.29, 0.717) is 17.7 Å². The van der Waals surface area contributed by atoms with E-state index in [-0.39, 0.29) is 0 Å². The van der Waals surface area contributed by atoms with Crippen LogP contribution in [0, 0.1) is 11.8 Å². The molecule has 0 radical (unpaired) electrons. The number of hydrogen-bond acceptors (Lipinski definition) is 3. The van der Waals surface area contributed by atoms with Gasteiger partial charge in [-0.25, -0.2) is 4.98 Å². The second-order valence-electron chi connectivity index (χ2n) is 7.10. The summed E-state index contributed by atoms with van der Waals surface area (Å²) in [5, 5.41) is 7.39. The van der Waals surface area contributed by atoms with Crippen LogP contribution in [0.3, 0.4) is 0 Å². The number of nitrogens with zero attached hydrogens (tertiary/aromatic N) is 3. The van der Waals surface area contributed by atoms with Gasteiger partial charge in [0.05, 0.1) is 0 Å². The first-order valence-electron chi connectivity index (χ1n) is 9.05. The Bertz CT molecular complexity index is 690. The van der Waals surface area contributed by atoms with Crippen LogP contribution in [0.15, 0.2) is 30.3 Å². The van der Waals surface area contributed by atoms with E-state index in [2.05, 4.69) is 20.1 Å². The molecular formula is C19H24N4O. The summed E-state index contributed by atoms with van der Waals surface area (Å²) < 4.78 is 0. The summed E-state index contributed by atoms with van der Waals surface area (Å²) in [6, 6.07) is 10.0. The van der Waals surface area contributed by atoms with Crippen LogP contribution in [0.25, 0.3) is 11.4 Å². The Morgan fingerprint density at radius 1 is 1.17 bits per heavy atom. The summed E-state index contributed by atoms with van der Waals surface area (Å²) in [4.78, 5) is 19.2. The van der Waals surface area contributed by atoms with E-state index in [9.17, 15) is 4.79 Å². The summed E-state index contributed by atoms with van der Waals surface area (Å²) in [7, 11) is 0. The quantitative estimate of drug-likeness (QED) is 0.940. The number of likely N-dealkylation sites (tertiary alicyclic amines) is 1. The lowest BCUT2D eigenvalue weighted by Gasteiger charge is -2.20. The molecule has 0 spiro atoms. The Morgan fingerprint density at radius 2 is 1.96 bits per heavy atom. The first-order chi connectivity index (χ1) is 11.8. The van der Waals surface area contributed by atoms with Crippen molar-refractivity contribution in [2.45, 2.75) is 38.5 Å². The molecule has 1 aliphatic heterocycles. The molecule has 1 amide bonds. The van der Waals surface area contributed by atoms with E-state index < -0.39 is 0 Å². The molecule has 1 aliphatic carbocycles. The van der Waals surface area contributed by atoms with Gasteiger partial charge in [-0.15, -0.1) is 0 Å². The van der Waals surface area contributed by atoms with Gasteiger partial charge in [0, 0.05) is 31.0 Å². The zero-order valence-electron chi connectivity index (χ0n) is 13.9. The van der Waals surface area contributed by atoms with Crippen molar-refractivity contribution in [3.63, 3.8) is 0 Å². The summed E-state index contributed by atoms with van der Waals surface area (Å²) in [6.45, 7) is 1.77. The minimum Gasteiger partial charge on any atom is -0.342 e. The summed E-state index contributed by atoms with van der Waals surface area (Å²) >= 11 is 0. The molecule has 24 heavy (non-hydrogen) atoms. The Hall–Kier alpha value is -2.17. The van der Waals surface area contributed by atoms with Crippen LogP contribution < -0.4 is 0 Å². The van der Waals surface area contributed by atoms with Crippen LogP contribution in [-0.4, -0.2) is 39.1 Å². The van der Waals surface area contributed by atoms with Gasteiger partial charge in [-0.05, 0) is 25.2 Å². The Labute approximate surface area is 142 Å². The third kappa shape index (κ3) is 3.21.